The van der Waals surface area contributed by atoms with Crippen LogP contribution in [0.2, 0.25) is 5.15 Å². The van der Waals surface area contributed by atoms with Crippen LogP contribution in [0.3, 0.4) is 0 Å². The zero-order chi connectivity index (χ0) is 15.6. The van der Waals surface area contributed by atoms with Crippen molar-refractivity contribution in [2.24, 2.45) is 0 Å². The zero-order valence-electron chi connectivity index (χ0n) is 11.6. The number of hydrogen-bond donors (Lipinski definition) is 0. The highest BCUT2D eigenvalue weighted by Gasteiger charge is 2.30. The Morgan fingerprint density at radius 3 is 2.24 bits per heavy atom. The van der Waals surface area contributed by atoms with Gasteiger partial charge in [-0.3, -0.25) is 0 Å². The molecule has 2 rings (SSSR count). The number of hydrogen-bond acceptors (Lipinski definition) is 2. The molecule has 0 saturated heterocycles. The molecule has 112 valence electrons. The fourth-order valence-corrected chi connectivity index (χ4v) is 2.15. The number of nitrogens with zero attached hydrogens (tertiary/aromatic N) is 2. The number of alkyl halides is 3. The Hall–Kier alpha value is -1.62. The molecule has 0 aliphatic rings. The molecule has 0 aliphatic heterocycles. The topological polar surface area (TPSA) is 25.8 Å². The lowest BCUT2D eigenvalue weighted by Crippen LogP contribution is -2.05. The highest BCUT2D eigenvalue weighted by Crippen LogP contribution is 2.32. The van der Waals surface area contributed by atoms with Gasteiger partial charge in [-0.25, -0.2) is 9.97 Å². The smallest absolute Gasteiger partial charge is 0.233 e. The van der Waals surface area contributed by atoms with E-state index >= 15 is 0 Å². The predicted octanol–water partition coefficient (Wildman–Crippen LogP) is 5.08. The van der Waals surface area contributed by atoms with Crippen molar-refractivity contribution in [3.63, 3.8) is 0 Å². The van der Waals surface area contributed by atoms with Crippen LogP contribution in [0.15, 0.2) is 24.3 Å². The molecular weight excluding hydrogens is 301 g/mol. The predicted molar refractivity (Wildman–Crippen MR) is 76.2 cm³/mol. The average molecular weight is 315 g/mol. The molecule has 0 radical (unpaired) electrons. The first-order chi connectivity index (χ1) is 9.82. The summed E-state index contributed by atoms with van der Waals surface area (Å²) in [5.41, 5.74) is 1.16. The quantitative estimate of drug-likeness (QED) is 0.739. The fraction of sp³-hybridized carbons (Fsp3) is 0.333. The highest BCUT2D eigenvalue weighted by molar-refractivity contribution is 6.30. The minimum absolute atomic E-state index is 0.336. The summed E-state index contributed by atoms with van der Waals surface area (Å²) < 4.78 is 37.7. The number of benzene rings is 1. The summed E-state index contributed by atoms with van der Waals surface area (Å²) in [5.74, 6) is 0.600. The van der Waals surface area contributed by atoms with Crippen LogP contribution in [0, 0.1) is 6.92 Å². The highest BCUT2D eigenvalue weighted by atomic mass is 35.5. The van der Waals surface area contributed by atoms with Crippen LogP contribution in [0.1, 0.15) is 30.3 Å². The van der Waals surface area contributed by atoms with Crippen LogP contribution in [-0.2, 0) is 12.6 Å². The number of aromatic nitrogens is 2. The van der Waals surface area contributed by atoms with Crippen molar-refractivity contribution in [2.45, 2.75) is 32.9 Å². The van der Waals surface area contributed by atoms with Crippen LogP contribution < -0.4 is 0 Å². The van der Waals surface area contributed by atoms with Gasteiger partial charge in [0.2, 0.25) is 0 Å². The van der Waals surface area contributed by atoms with Crippen molar-refractivity contribution in [1.82, 2.24) is 9.97 Å². The van der Waals surface area contributed by atoms with E-state index in [1.54, 1.807) is 6.92 Å². The van der Waals surface area contributed by atoms with Gasteiger partial charge in [-0.05, 0) is 25.5 Å². The fourth-order valence-electron chi connectivity index (χ4n) is 1.97. The molecule has 1 aromatic carbocycles. The molecule has 0 bridgehead atoms. The SMILES string of the molecule is CCCc1nc(Cl)c(C)c(-c2ccc(C(F)(F)F)cc2)n1. The van der Waals surface area contributed by atoms with Gasteiger partial charge in [0.15, 0.2) is 0 Å². The van der Waals surface area contributed by atoms with Gasteiger partial charge in [0, 0.05) is 17.5 Å². The molecule has 0 spiro atoms. The summed E-state index contributed by atoms with van der Waals surface area (Å²) in [4.78, 5) is 8.59. The maximum atomic E-state index is 12.6. The molecule has 2 aromatic rings. The molecular formula is C15H14ClF3N2. The van der Waals surface area contributed by atoms with E-state index in [1.165, 1.54) is 12.1 Å². The first kappa shape index (κ1) is 15.8. The second-order valence-corrected chi connectivity index (χ2v) is 5.09. The molecule has 0 N–H and O–H groups in total. The van der Waals surface area contributed by atoms with E-state index in [9.17, 15) is 13.2 Å². The van der Waals surface area contributed by atoms with Crippen molar-refractivity contribution in [1.29, 1.82) is 0 Å². The van der Waals surface area contributed by atoms with Crippen LogP contribution in [-0.4, -0.2) is 9.97 Å². The van der Waals surface area contributed by atoms with Gasteiger partial charge in [0.25, 0.3) is 0 Å². The largest absolute Gasteiger partial charge is 0.416 e. The van der Waals surface area contributed by atoms with E-state index in [1.807, 2.05) is 6.92 Å². The van der Waals surface area contributed by atoms with Crippen LogP contribution in [0.4, 0.5) is 13.2 Å². The number of aryl methyl sites for hydroxylation is 1. The van der Waals surface area contributed by atoms with E-state index in [0.717, 1.165) is 18.6 Å². The standard InChI is InChI=1S/C15H14ClF3N2/c1-3-4-12-20-13(9(2)14(16)21-12)10-5-7-11(8-6-10)15(17,18)19/h5-8H,3-4H2,1-2H3. The minimum Gasteiger partial charge on any atom is -0.233 e. The monoisotopic (exact) mass is 314 g/mol. The second-order valence-electron chi connectivity index (χ2n) is 4.73. The normalized spacial score (nSPS) is 11.7. The Bertz CT molecular complexity index is 637. The summed E-state index contributed by atoms with van der Waals surface area (Å²) in [6, 6.07) is 4.91. The molecule has 0 aliphatic carbocycles. The molecule has 0 fully saturated rings. The van der Waals surface area contributed by atoms with Gasteiger partial charge in [-0.15, -0.1) is 0 Å². The maximum Gasteiger partial charge on any atom is 0.416 e. The molecule has 0 atom stereocenters. The van der Waals surface area contributed by atoms with Gasteiger partial charge in [-0.2, -0.15) is 13.2 Å². The Morgan fingerprint density at radius 2 is 1.71 bits per heavy atom. The molecule has 21 heavy (non-hydrogen) atoms. The molecule has 6 heteroatoms. The van der Waals surface area contributed by atoms with Gasteiger partial charge in [0.05, 0.1) is 11.3 Å². The zero-order valence-corrected chi connectivity index (χ0v) is 12.4. The summed E-state index contributed by atoms with van der Waals surface area (Å²) in [7, 11) is 0. The summed E-state index contributed by atoms with van der Waals surface area (Å²) in [6.07, 6.45) is -2.80. The minimum atomic E-state index is -4.34. The number of halogens is 4. The van der Waals surface area contributed by atoms with Gasteiger partial charge in [0.1, 0.15) is 11.0 Å². The molecule has 1 heterocycles. The van der Waals surface area contributed by atoms with E-state index < -0.39 is 11.7 Å². The van der Waals surface area contributed by atoms with E-state index in [4.69, 9.17) is 11.6 Å². The van der Waals surface area contributed by atoms with Crippen molar-refractivity contribution >= 4 is 11.6 Å². The molecule has 1 aromatic heterocycles. The van der Waals surface area contributed by atoms with Crippen LogP contribution >= 0.6 is 11.6 Å². The summed E-state index contributed by atoms with van der Waals surface area (Å²) in [5, 5.41) is 0.336. The van der Waals surface area contributed by atoms with Gasteiger partial charge in [-0.1, -0.05) is 30.7 Å². The third-order valence-electron chi connectivity index (χ3n) is 3.09. The lowest BCUT2D eigenvalue weighted by molar-refractivity contribution is -0.137. The first-order valence-electron chi connectivity index (χ1n) is 6.53. The Labute approximate surface area is 126 Å². The lowest BCUT2D eigenvalue weighted by atomic mass is 10.1. The van der Waals surface area contributed by atoms with E-state index in [2.05, 4.69) is 9.97 Å². The summed E-state index contributed by atoms with van der Waals surface area (Å²) >= 11 is 6.08. The molecule has 2 nitrogen and oxygen atoms in total. The Morgan fingerprint density at radius 1 is 1.10 bits per heavy atom. The van der Waals surface area contributed by atoms with Crippen molar-refractivity contribution < 1.29 is 13.2 Å². The van der Waals surface area contributed by atoms with Crippen molar-refractivity contribution in [3.05, 3.63) is 46.4 Å². The van der Waals surface area contributed by atoms with Gasteiger partial charge >= 0.3 is 6.18 Å². The van der Waals surface area contributed by atoms with Crippen LogP contribution in [0.25, 0.3) is 11.3 Å². The first-order valence-corrected chi connectivity index (χ1v) is 6.91. The Kier molecular flexibility index (Phi) is 4.52. The summed E-state index contributed by atoms with van der Waals surface area (Å²) in [6.45, 7) is 3.75. The molecule has 0 unspecified atom stereocenters. The Balaban J connectivity index is 2.46. The van der Waals surface area contributed by atoms with Crippen LogP contribution in [0.5, 0.6) is 0 Å². The third kappa shape index (κ3) is 3.53. The third-order valence-corrected chi connectivity index (χ3v) is 3.46. The van der Waals surface area contributed by atoms with Crippen molar-refractivity contribution in [3.8, 4) is 11.3 Å². The molecule has 0 saturated carbocycles. The second kappa shape index (κ2) is 6.02. The molecule has 0 amide bonds. The average Bonchev–Trinajstić information content (AvgIpc) is 2.42. The lowest BCUT2D eigenvalue weighted by Gasteiger charge is -2.11. The van der Waals surface area contributed by atoms with E-state index in [0.29, 0.717) is 34.2 Å². The van der Waals surface area contributed by atoms with Gasteiger partial charge < -0.3 is 0 Å². The maximum absolute atomic E-state index is 12.6. The van der Waals surface area contributed by atoms with Crippen molar-refractivity contribution in [2.75, 3.05) is 0 Å². The van der Waals surface area contributed by atoms with E-state index in [-0.39, 0.29) is 0 Å². The number of rotatable bonds is 3.